The lowest BCUT2D eigenvalue weighted by Gasteiger charge is -2.13. The van der Waals surface area contributed by atoms with Gasteiger partial charge in [-0.15, -0.1) is 0 Å². The molecule has 0 aliphatic rings. The Hall–Kier alpha value is -6.77. The molecule has 6 aromatic carbocycles. The predicted octanol–water partition coefficient (Wildman–Crippen LogP) is 10.3. The molecule has 0 bridgehead atoms. The van der Waals surface area contributed by atoms with Crippen LogP contribution in [-0.2, 0) is 0 Å². The van der Waals surface area contributed by atoms with Crippen LogP contribution in [0.2, 0.25) is 0 Å². The standard InChI is InChI=1S/C43H27N5/c44-28-29-12-9-17-32(24-29)33-18-10-19-34(25-33)41-42(46-38-23-8-7-22-37(38)45-41)35-20-11-21-36(26-35)43-47-39(30-13-3-1-4-14-30)27-40(48-43)31-15-5-2-6-16-31/h1-27H. The highest BCUT2D eigenvalue weighted by Gasteiger charge is 2.17. The van der Waals surface area contributed by atoms with Crippen molar-refractivity contribution >= 4 is 11.0 Å². The molecule has 0 fully saturated rings. The van der Waals surface area contributed by atoms with E-state index in [4.69, 9.17) is 19.9 Å². The number of hydrogen-bond donors (Lipinski definition) is 0. The van der Waals surface area contributed by atoms with Gasteiger partial charge in [-0.25, -0.2) is 19.9 Å². The monoisotopic (exact) mass is 613 g/mol. The molecule has 2 aromatic heterocycles. The van der Waals surface area contributed by atoms with Gasteiger partial charge in [0.1, 0.15) is 0 Å². The van der Waals surface area contributed by atoms with E-state index in [-0.39, 0.29) is 0 Å². The SMILES string of the molecule is N#Cc1cccc(-c2cccc(-c3nc4ccccc4nc3-c3cccc(-c4nc(-c5ccccc5)cc(-c5ccccc5)n4)c3)c2)c1. The minimum atomic E-state index is 0.620. The number of benzene rings is 6. The van der Waals surface area contributed by atoms with E-state index in [1.807, 2.05) is 109 Å². The number of aromatic nitrogens is 4. The smallest absolute Gasteiger partial charge is 0.160 e. The average Bonchev–Trinajstić information content (AvgIpc) is 3.18. The van der Waals surface area contributed by atoms with E-state index in [2.05, 4.69) is 60.7 Å². The van der Waals surface area contributed by atoms with Gasteiger partial charge in [-0.2, -0.15) is 5.26 Å². The van der Waals surface area contributed by atoms with E-state index in [1.54, 1.807) is 0 Å². The number of para-hydroxylation sites is 2. The molecule has 0 saturated heterocycles. The van der Waals surface area contributed by atoms with E-state index in [9.17, 15) is 5.26 Å². The van der Waals surface area contributed by atoms with Crippen LogP contribution in [0, 0.1) is 11.3 Å². The zero-order valence-electron chi connectivity index (χ0n) is 25.8. The minimum absolute atomic E-state index is 0.620. The molecule has 8 rings (SSSR count). The van der Waals surface area contributed by atoms with Crippen molar-refractivity contribution in [2.45, 2.75) is 0 Å². The molecule has 5 nitrogen and oxygen atoms in total. The van der Waals surface area contributed by atoms with E-state index in [1.165, 1.54) is 0 Å². The fourth-order valence-corrected chi connectivity index (χ4v) is 5.91. The molecule has 0 atom stereocenters. The molecule has 8 aromatic rings. The molecule has 5 heteroatoms. The second-order valence-electron chi connectivity index (χ2n) is 11.5. The van der Waals surface area contributed by atoms with Gasteiger partial charge < -0.3 is 0 Å². The summed E-state index contributed by atoms with van der Waals surface area (Å²) < 4.78 is 0. The Bertz CT molecular complexity index is 2410. The third-order valence-electron chi connectivity index (χ3n) is 8.29. The van der Waals surface area contributed by atoms with Gasteiger partial charge in [-0.05, 0) is 53.6 Å². The zero-order chi connectivity index (χ0) is 32.3. The van der Waals surface area contributed by atoms with Crippen molar-refractivity contribution in [1.29, 1.82) is 5.26 Å². The molecule has 0 unspecified atom stereocenters. The lowest BCUT2D eigenvalue weighted by atomic mass is 9.97. The van der Waals surface area contributed by atoms with Crippen LogP contribution in [0.15, 0.2) is 164 Å². The van der Waals surface area contributed by atoms with E-state index >= 15 is 0 Å². The molecule has 2 heterocycles. The Balaban J connectivity index is 1.29. The van der Waals surface area contributed by atoms with Crippen LogP contribution >= 0.6 is 0 Å². The number of hydrogen-bond acceptors (Lipinski definition) is 5. The summed E-state index contributed by atoms with van der Waals surface area (Å²) in [7, 11) is 0. The summed E-state index contributed by atoms with van der Waals surface area (Å²) in [6.07, 6.45) is 0. The largest absolute Gasteiger partial charge is 0.244 e. The van der Waals surface area contributed by atoms with Crippen molar-refractivity contribution in [2.24, 2.45) is 0 Å². The van der Waals surface area contributed by atoms with Crippen molar-refractivity contribution < 1.29 is 0 Å². The molecule has 0 amide bonds. The molecule has 0 spiro atoms. The molecule has 224 valence electrons. The fraction of sp³-hybridized carbons (Fsp3) is 0. The summed E-state index contributed by atoms with van der Waals surface area (Å²) in [6, 6.07) is 56.7. The first-order valence-corrected chi connectivity index (χ1v) is 15.7. The number of rotatable bonds is 6. The predicted molar refractivity (Wildman–Crippen MR) is 192 cm³/mol. The van der Waals surface area contributed by atoms with Crippen molar-refractivity contribution in [3.05, 3.63) is 169 Å². The van der Waals surface area contributed by atoms with E-state index in [0.717, 1.165) is 72.8 Å². The third kappa shape index (κ3) is 5.71. The van der Waals surface area contributed by atoms with Crippen LogP contribution in [0.4, 0.5) is 0 Å². The van der Waals surface area contributed by atoms with Crippen LogP contribution in [0.25, 0.3) is 78.6 Å². The number of nitrogens with zero attached hydrogens (tertiary/aromatic N) is 5. The summed E-state index contributed by atoms with van der Waals surface area (Å²) in [5, 5.41) is 9.48. The highest BCUT2D eigenvalue weighted by atomic mass is 14.9. The number of nitriles is 1. The molecular formula is C43H27N5. The maximum atomic E-state index is 9.48. The first-order chi connectivity index (χ1) is 23.7. The average molecular weight is 614 g/mol. The topological polar surface area (TPSA) is 75.3 Å². The van der Waals surface area contributed by atoms with Crippen LogP contribution in [0.3, 0.4) is 0 Å². The normalized spacial score (nSPS) is 10.9. The van der Waals surface area contributed by atoms with Crippen LogP contribution in [-0.4, -0.2) is 19.9 Å². The minimum Gasteiger partial charge on any atom is -0.244 e. The Morgan fingerprint density at radius 1 is 0.354 bits per heavy atom. The molecule has 0 saturated carbocycles. The molecule has 0 radical (unpaired) electrons. The molecule has 0 aliphatic carbocycles. The summed E-state index contributed by atoms with van der Waals surface area (Å²) in [5.41, 5.74) is 12.2. The second-order valence-corrected chi connectivity index (χ2v) is 11.5. The van der Waals surface area contributed by atoms with Gasteiger partial charge in [-0.3, -0.25) is 0 Å². The first kappa shape index (κ1) is 28.7. The van der Waals surface area contributed by atoms with Crippen LogP contribution in [0.1, 0.15) is 5.56 Å². The molecular weight excluding hydrogens is 587 g/mol. The Morgan fingerprint density at radius 3 is 1.35 bits per heavy atom. The molecule has 48 heavy (non-hydrogen) atoms. The Labute approximate surface area is 278 Å². The van der Waals surface area contributed by atoms with Crippen molar-refractivity contribution in [3.8, 4) is 73.6 Å². The van der Waals surface area contributed by atoms with Crippen LogP contribution in [0.5, 0.6) is 0 Å². The van der Waals surface area contributed by atoms with Gasteiger partial charge in [0.15, 0.2) is 5.82 Å². The lowest BCUT2D eigenvalue weighted by molar-refractivity contribution is 1.18. The van der Waals surface area contributed by atoms with Gasteiger partial charge in [0.2, 0.25) is 0 Å². The third-order valence-corrected chi connectivity index (χ3v) is 8.29. The lowest BCUT2D eigenvalue weighted by Crippen LogP contribution is -1.98. The van der Waals surface area contributed by atoms with E-state index < -0.39 is 0 Å². The van der Waals surface area contributed by atoms with Gasteiger partial charge in [-0.1, -0.05) is 121 Å². The Kier molecular flexibility index (Phi) is 7.50. The van der Waals surface area contributed by atoms with Crippen molar-refractivity contribution in [3.63, 3.8) is 0 Å². The summed E-state index contributed by atoms with van der Waals surface area (Å²) in [5.74, 6) is 0.631. The number of fused-ring (bicyclic) bond motifs is 1. The maximum Gasteiger partial charge on any atom is 0.160 e. The summed E-state index contributed by atoms with van der Waals surface area (Å²) in [4.78, 5) is 20.4. The fourth-order valence-electron chi connectivity index (χ4n) is 5.91. The van der Waals surface area contributed by atoms with Gasteiger partial charge in [0.05, 0.1) is 45.4 Å². The molecule has 0 aliphatic heterocycles. The highest BCUT2D eigenvalue weighted by molar-refractivity contribution is 5.88. The first-order valence-electron chi connectivity index (χ1n) is 15.7. The van der Waals surface area contributed by atoms with Crippen LogP contribution < -0.4 is 0 Å². The van der Waals surface area contributed by atoms with Gasteiger partial charge in [0.25, 0.3) is 0 Å². The Morgan fingerprint density at radius 2 is 0.792 bits per heavy atom. The van der Waals surface area contributed by atoms with Crippen molar-refractivity contribution in [2.75, 3.05) is 0 Å². The van der Waals surface area contributed by atoms with Gasteiger partial charge in [0, 0.05) is 27.8 Å². The van der Waals surface area contributed by atoms with Gasteiger partial charge >= 0.3 is 0 Å². The second kappa shape index (κ2) is 12.6. The highest BCUT2D eigenvalue weighted by Crippen LogP contribution is 2.35. The van der Waals surface area contributed by atoms with E-state index in [0.29, 0.717) is 11.4 Å². The quantitative estimate of drug-likeness (QED) is 0.187. The summed E-state index contributed by atoms with van der Waals surface area (Å²) >= 11 is 0. The summed E-state index contributed by atoms with van der Waals surface area (Å²) in [6.45, 7) is 0. The zero-order valence-corrected chi connectivity index (χ0v) is 25.8. The molecule has 0 N–H and O–H groups in total. The maximum absolute atomic E-state index is 9.48. The van der Waals surface area contributed by atoms with Crippen molar-refractivity contribution in [1.82, 2.24) is 19.9 Å².